The van der Waals surface area contributed by atoms with E-state index >= 15 is 0 Å². The van der Waals surface area contributed by atoms with Gasteiger partial charge < -0.3 is 10.5 Å². The van der Waals surface area contributed by atoms with Crippen LogP contribution in [-0.4, -0.2) is 15.6 Å². The number of aromatic nitrogens is 2. The second-order valence-corrected chi connectivity index (χ2v) is 5.02. The van der Waals surface area contributed by atoms with Crippen molar-refractivity contribution in [3.63, 3.8) is 0 Å². The molecule has 6 nitrogen and oxygen atoms in total. The highest BCUT2D eigenvalue weighted by atomic mass is 19.3. The number of carbonyl (C=O) groups is 1. The molecule has 2 aliphatic rings. The predicted molar refractivity (Wildman–Crippen MR) is 70.0 cm³/mol. The van der Waals surface area contributed by atoms with Crippen LogP contribution in [0.15, 0.2) is 35.1 Å². The van der Waals surface area contributed by atoms with Crippen LogP contribution in [-0.2, 0) is 9.53 Å². The van der Waals surface area contributed by atoms with Crippen LogP contribution in [0, 0.1) is 11.3 Å². The maximum absolute atomic E-state index is 13.1. The zero-order chi connectivity index (χ0) is 15.9. The van der Waals surface area contributed by atoms with E-state index in [2.05, 4.69) is 5.10 Å². The van der Waals surface area contributed by atoms with Crippen LogP contribution < -0.4 is 5.73 Å². The SMILES string of the molecule is N#CC1=C(N)OC2=C(C(=O)CCC2)C1c1ccnn1C(F)F. The predicted octanol–water partition coefficient (Wildman–Crippen LogP) is 2.09. The van der Waals surface area contributed by atoms with Crippen LogP contribution in [0.3, 0.4) is 0 Å². The van der Waals surface area contributed by atoms with Gasteiger partial charge >= 0.3 is 6.55 Å². The minimum Gasteiger partial charge on any atom is -0.444 e. The van der Waals surface area contributed by atoms with Crippen LogP contribution in [0.5, 0.6) is 0 Å². The number of hydrogen-bond donors (Lipinski definition) is 1. The second kappa shape index (κ2) is 5.26. The van der Waals surface area contributed by atoms with Gasteiger partial charge in [-0.3, -0.25) is 4.79 Å². The molecular weight excluding hydrogens is 294 g/mol. The number of ether oxygens (including phenoxy) is 1. The standard InChI is InChI=1S/C14H12F2N4O2/c15-14(16)20-8(4-5-19-20)11-7(6-17)13(18)22-10-3-1-2-9(21)12(10)11/h4-5,11,14H,1-3,18H2. The van der Waals surface area contributed by atoms with Crippen molar-refractivity contribution in [2.24, 2.45) is 5.73 Å². The highest BCUT2D eigenvalue weighted by Crippen LogP contribution is 2.43. The molecule has 0 fully saturated rings. The third kappa shape index (κ3) is 2.06. The first-order valence-corrected chi connectivity index (χ1v) is 6.70. The van der Waals surface area contributed by atoms with Gasteiger partial charge in [0, 0.05) is 24.6 Å². The number of nitriles is 1. The Morgan fingerprint density at radius 3 is 2.95 bits per heavy atom. The number of ketones is 1. The Labute approximate surface area is 124 Å². The molecule has 8 heteroatoms. The minimum atomic E-state index is -2.88. The third-order valence-electron chi connectivity index (χ3n) is 3.79. The summed E-state index contributed by atoms with van der Waals surface area (Å²) >= 11 is 0. The van der Waals surface area contributed by atoms with E-state index in [9.17, 15) is 18.8 Å². The van der Waals surface area contributed by atoms with Gasteiger partial charge in [-0.05, 0) is 12.5 Å². The molecule has 114 valence electrons. The Bertz CT molecular complexity index is 742. The van der Waals surface area contributed by atoms with Crippen molar-refractivity contribution in [1.82, 2.24) is 9.78 Å². The zero-order valence-corrected chi connectivity index (χ0v) is 11.4. The normalized spacial score (nSPS) is 21.7. The van der Waals surface area contributed by atoms with Crippen molar-refractivity contribution >= 4 is 5.78 Å². The van der Waals surface area contributed by atoms with E-state index < -0.39 is 12.5 Å². The first-order chi connectivity index (χ1) is 10.5. The second-order valence-electron chi connectivity index (χ2n) is 5.02. The van der Waals surface area contributed by atoms with Crippen molar-refractivity contribution in [3.05, 3.63) is 40.7 Å². The summed E-state index contributed by atoms with van der Waals surface area (Å²) in [5.41, 5.74) is 5.98. The lowest BCUT2D eigenvalue weighted by Crippen LogP contribution is -2.28. The molecule has 0 bridgehead atoms. The first-order valence-electron chi connectivity index (χ1n) is 6.70. The highest BCUT2D eigenvalue weighted by Gasteiger charge is 2.40. The molecule has 0 saturated carbocycles. The van der Waals surface area contributed by atoms with E-state index in [1.807, 2.05) is 6.07 Å². The van der Waals surface area contributed by atoms with Gasteiger partial charge in [0.05, 0.1) is 11.6 Å². The summed E-state index contributed by atoms with van der Waals surface area (Å²) in [4.78, 5) is 12.3. The topological polar surface area (TPSA) is 93.9 Å². The summed E-state index contributed by atoms with van der Waals surface area (Å²) in [6.45, 7) is -2.88. The van der Waals surface area contributed by atoms with E-state index in [1.54, 1.807) is 0 Å². The van der Waals surface area contributed by atoms with Crippen molar-refractivity contribution in [2.45, 2.75) is 31.7 Å². The lowest BCUT2D eigenvalue weighted by molar-refractivity contribution is -0.116. The fraction of sp³-hybridized carbons (Fsp3) is 0.357. The summed E-state index contributed by atoms with van der Waals surface area (Å²) in [5, 5.41) is 12.9. The summed E-state index contributed by atoms with van der Waals surface area (Å²) in [7, 11) is 0. The molecule has 3 rings (SSSR count). The molecule has 1 unspecified atom stereocenters. The van der Waals surface area contributed by atoms with E-state index in [4.69, 9.17) is 10.5 Å². The van der Waals surface area contributed by atoms with Gasteiger partial charge in [-0.1, -0.05) is 0 Å². The van der Waals surface area contributed by atoms with Crippen molar-refractivity contribution in [1.29, 1.82) is 5.26 Å². The Morgan fingerprint density at radius 2 is 2.27 bits per heavy atom. The molecule has 2 heterocycles. The number of carbonyl (C=O) groups excluding carboxylic acids is 1. The molecule has 1 aliphatic heterocycles. The Morgan fingerprint density at radius 1 is 1.50 bits per heavy atom. The fourth-order valence-electron chi connectivity index (χ4n) is 2.87. The van der Waals surface area contributed by atoms with E-state index in [-0.39, 0.29) is 28.5 Å². The van der Waals surface area contributed by atoms with E-state index in [1.165, 1.54) is 12.3 Å². The molecule has 1 aliphatic carbocycles. The molecule has 0 spiro atoms. The van der Waals surface area contributed by atoms with Crippen LogP contribution >= 0.6 is 0 Å². The fourth-order valence-corrected chi connectivity index (χ4v) is 2.87. The van der Waals surface area contributed by atoms with Crippen LogP contribution in [0.1, 0.15) is 37.4 Å². The van der Waals surface area contributed by atoms with Gasteiger partial charge in [0.25, 0.3) is 0 Å². The number of halogens is 2. The highest BCUT2D eigenvalue weighted by molar-refractivity contribution is 5.99. The average Bonchev–Trinajstić information content (AvgIpc) is 2.95. The maximum Gasteiger partial charge on any atom is 0.333 e. The van der Waals surface area contributed by atoms with Gasteiger partial charge in [0.2, 0.25) is 5.88 Å². The molecule has 1 aromatic heterocycles. The molecule has 1 atom stereocenters. The number of hydrogen-bond acceptors (Lipinski definition) is 5. The maximum atomic E-state index is 13.1. The van der Waals surface area contributed by atoms with E-state index in [0.717, 1.165) is 0 Å². The van der Waals surface area contributed by atoms with Gasteiger partial charge in [0.15, 0.2) is 5.78 Å². The smallest absolute Gasteiger partial charge is 0.333 e. The molecule has 22 heavy (non-hydrogen) atoms. The number of alkyl halides is 2. The molecule has 0 radical (unpaired) electrons. The molecule has 0 saturated heterocycles. The van der Waals surface area contributed by atoms with Crippen molar-refractivity contribution < 1.29 is 18.3 Å². The van der Waals surface area contributed by atoms with Crippen LogP contribution in [0.2, 0.25) is 0 Å². The molecule has 0 aromatic carbocycles. The van der Waals surface area contributed by atoms with Gasteiger partial charge in [-0.25, -0.2) is 4.68 Å². The summed E-state index contributed by atoms with van der Waals surface area (Å²) in [6, 6.07) is 3.23. The lowest BCUT2D eigenvalue weighted by Gasteiger charge is -2.30. The van der Waals surface area contributed by atoms with Crippen LogP contribution in [0.4, 0.5) is 8.78 Å². The van der Waals surface area contributed by atoms with Gasteiger partial charge in [-0.15, -0.1) is 0 Å². The first kappa shape index (κ1) is 14.3. The van der Waals surface area contributed by atoms with Crippen molar-refractivity contribution in [3.8, 4) is 6.07 Å². The molecule has 2 N–H and O–H groups in total. The summed E-state index contributed by atoms with van der Waals surface area (Å²) < 4.78 is 32.1. The lowest BCUT2D eigenvalue weighted by atomic mass is 9.79. The Hall–Kier alpha value is -2.69. The monoisotopic (exact) mass is 306 g/mol. The van der Waals surface area contributed by atoms with Gasteiger partial charge in [0.1, 0.15) is 17.4 Å². The number of Topliss-reactive ketones (excluding diaryl/α,β-unsaturated/α-hetero) is 1. The Kier molecular flexibility index (Phi) is 3.41. The van der Waals surface area contributed by atoms with Gasteiger partial charge in [-0.2, -0.15) is 19.1 Å². The van der Waals surface area contributed by atoms with Crippen molar-refractivity contribution in [2.75, 3.05) is 0 Å². The Balaban J connectivity index is 2.21. The number of nitrogens with zero attached hydrogens (tertiary/aromatic N) is 3. The third-order valence-corrected chi connectivity index (χ3v) is 3.79. The van der Waals surface area contributed by atoms with Crippen LogP contribution in [0.25, 0.3) is 0 Å². The number of nitrogens with two attached hydrogens (primary N) is 1. The largest absolute Gasteiger partial charge is 0.444 e. The van der Waals surface area contributed by atoms with E-state index in [0.29, 0.717) is 29.7 Å². The number of rotatable bonds is 2. The molecule has 1 aromatic rings. The zero-order valence-electron chi connectivity index (χ0n) is 11.4. The number of allylic oxidation sites excluding steroid dienone is 3. The summed E-state index contributed by atoms with van der Waals surface area (Å²) in [6.07, 6.45) is 2.59. The molecular formula is C14H12F2N4O2. The molecule has 0 amide bonds. The quantitative estimate of drug-likeness (QED) is 0.903. The summed E-state index contributed by atoms with van der Waals surface area (Å²) in [5.74, 6) is -0.964. The minimum absolute atomic E-state index is 0.0450. The average molecular weight is 306 g/mol.